The molecule has 2 N–H and O–H groups in total. The van der Waals surface area contributed by atoms with Crippen molar-refractivity contribution in [3.05, 3.63) is 71.0 Å². The number of anilines is 1. The highest BCUT2D eigenvalue weighted by Gasteiger charge is 2.28. The molecule has 0 aliphatic carbocycles. The summed E-state index contributed by atoms with van der Waals surface area (Å²) in [5.41, 5.74) is 1.53. The van der Waals surface area contributed by atoms with Gasteiger partial charge in [0.15, 0.2) is 0 Å². The molecule has 2 amide bonds. The lowest BCUT2D eigenvalue weighted by Gasteiger charge is -2.11. The molecule has 2 aromatic rings. The van der Waals surface area contributed by atoms with Crippen molar-refractivity contribution in [1.82, 2.24) is 5.32 Å². The molecule has 0 heterocycles. The summed E-state index contributed by atoms with van der Waals surface area (Å²) in [5.74, 6) is -1.80. The fraction of sp³-hybridized carbons (Fsp3) is 0.158. The maximum absolute atomic E-state index is 12.8. The number of nitrogens with one attached hydrogen (secondary N) is 2. The summed E-state index contributed by atoms with van der Waals surface area (Å²) < 4.78 is 49.4. The van der Waals surface area contributed by atoms with Crippen LogP contribution in [0.3, 0.4) is 0 Å². The summed E-state index contributed by atoms with van der Waals surface area (Å²) in [4.78, 5) is 23.8. The van der Waals surface area contributed by atoms with Gasteiger partial charge in [0, 0.05) is 17.3 Å². The van der Waals surface area contributed by atoms with Crippen LogP contribution in [0.15, 0.2) is 48.5 Å². The first-order valence-corrected chi connectivity index (χ1v) is 7.84. The molecule has 0 unspecified atom stereocenters. The maximum atomic E-state index is 12.8. The number of hydrogen-bond acceptors (Lipinski definition) is 2. The Labute approximate surface area is 152 Å². The van der Waals surface area contributed by atoms with Crippen LogP contribution in [-0.4, -0.2) is 24.5 Å². The van der Waals surface area contributed by atoms with Crippen LogP contribution in [0.2, 0.25) is 0 Å². The molecule has 0 aliphatic heterocycles. The molecule has 0 aliphatic rings. The quantitative estimate of drug-likeness (QED) is 0.607. The third-order valence-electron chi connectivity index (χ3n) is 3.50. The molecule has 0 fully saturated rings. The van der Waals surface area contributed by atoms with Crippen molar-refractivity contribution < 1.29 is 27.2 Å². The van der Waals surface area contributed by atoms with Gasteiger partial charge in [-0.25, -0.2) is 4.39 Å². The van der Waals surface area contributed by atoms with Crippen LogP contribution in [0.5, 0.6) is 0 Å². The van der Waals surface area contributed by atoms with Crippen LogP contribution in [0.4, 0.5) is 23.2 Å². The standard InChI is InChI=1S/C19H16F4N2O2/c1-12-2-6-14(18(27)24-11-19(21,22)23)10-16(12)25-17(26)9-5-13-3-7-15(20)8-4-13/h2-10H,11H2,1H3,(H,24,27)(H,25,26)/b9-5+. The largest absolute Gasteiger partial charge is 0.405 e. The molecule has 0 saturated carbocycles. The fourth-order valence-electron chi connectivity index (χ4n) is 2.10. The number of benzene rings is 2. The molecular formula is C19H16F4N2O2. The van der Waals surface area contributed by atoms with Crippen LogP contribution in [0.25, 0.3) is 6.08 Å². The summed E-state index contributed by atoms with van der Waals surface area (Å²) in [7, 11) is 0. The van der Waals surface area contributed by atoms with E-state index in [1.165, 1.54) is 54.6 Å². The molecule has 2 aromatic carbocycles. The van der Waals surface area contributed by atoms with Crippen LogP contribution in [0, 0.1) is 12.7 Å². The Hall–Kier alpha value is -3.16. The molecule has 2 rings (SSSR count). The second-order valence-electron chi connectivity index (χ2n) is 5.70. The average Bonchev–Trinajstić information content (AvgIpc) is 2.60. The monoisotopic (exact) mass is 380 g/mol. The number of hydrogen-bond donors (Lipinski definition) is 2. The van der Waals surface area contributed by atoms with E-state index in [-0.39, 0.29) is 5.56 Å². The molecule has 142 valence electrons. The molecule has 0 radical (unpaired) electrons. The minimum atomic E-state index is -4.51. The number of carbonyl (C=O) groups excluding carboxylic acids is 2. The lowest BCUT2D eigenvalue weighted by atomic mass is 10.1. The zero-order valence-corrected chi connectivity index (χ0v) is 14.2. The first-order valence-electron chi connectivity index (χ1n) is 7.84. The minimum absolute atomic E-state index is 0.0114. The van der Waals surface area contributed by atoms with Crippen molar-refractivity contribution in [2.24, 2.45) is 0 Å². The van der Waals surface area contributed by atoms with Crippen molar-refractivity contribution in [3.63, 3.8) is 0 Å². The van der Waals surface area contributed by atoms with E-state index in [1.807, 2.05) is 0 Å². The summed E-state index contributed by atoms with van der Waals surface area (Å²) in [5, 5.41) is 4.33. The molecule has 27 heavy (non-hydrogen) atoms. The highest BCUT2D eigenvalue weighted by Crippen LogP contribution is 2.18. The van der Waals surface area contributed by atoms with E-state index in [4.69, 9.17) is 0 Å². The molecule has 4 nitrogen and oxygen atoms in total. The van der Waals surface area contributed by atoms with Gasteiger partial charge in [0.1, 0.15) is 12.4 Å². The Morgan fingerprint density at radius 3 is 2.37 bits per heavy atom. The first kappa shape index (κ1) is 20.2. The Bertz CT molecular complexity index is 859. The molecule has 8 heteroatoms. The van der Waals surface area contributed by atoms with Gasteiger partial charge in [0.05, 0.1) is 0 Å². The number of amides is 2. The van der Waals surface area contributed by atoms with Gasteiger partial charge in [-0.3, -0.25) is 9.59 Å². The smallest absolute Gasteiger partial charge is 0.343 e. The lowest BCUT2D eigenvalue weighted by molar-refractivity contribution is -0.123. The third-order valence-corrected chi connectivity index (χ3v) is 3.50. The van der Waals surface area contributed by atoms with E-state index < -0.39 is 30.4 Å². The minimum Gasteiger partial charge on any atom is -0.343 e. The van der Waals surface area contributed by atoms with E-state index in [0.29, 0.717) is 16.8 Å². The number of halogens is 4. The number of carbonyl (C=O) groups is 2. The number of alkyl halides is 3. The van der Waals surface area contributed by atoms with Crippen molar-refractivity contribution in [1.29, 1.82) is 0 Å². The topological polar surface area (TPSA) is 58.2 Å². The molecule has 0 aromatic heterocycles. The summed E-state index contributed by atoms with van der Waals surface area (Å²) in [6.45, 7) is 0.235. The lowest BCUT2D eigenvalue weighted by Crippen LogP contribution is -2.33. The van der Waals surface area contributed by atoms with Crippen molar-refractivity contribution in [2.75, 3.05) is 11.9 Å². The van der Waals surface area contributed by atoms with Crippen LogP contribution in [0.1, 0.15) is 21.5 Å². The van der Waals surface area contributed by atoms with Gasteiger partial charge >= 0.3 is 6.18 Å². The molecule has 0 saturated heterocycles. The van der Waals surface area contributed by atoms with E-state index in [9.17, 15) is 27.2 Å². The predicted molar refractivity (Wildman–Crippen MR) is 93.6 cm³/mol. The van der Waals surface area contributed by atoms with Gasteiger partial charge in [-0.1, -0.05) is 18.2 Å². The second kappa shape index (κ2) is 8.48. The van der Waals surface area contributed by atoms with Gasteiger partial charge < -0.3 is 10.6 Å². The van der Waals surface area contributed by atoms with E-state index in [1.54, 1.807) is 12.2 Å². The van der Waals surface area contributed by atoms with Gasteiger partial charge in [-0.05, 0) is 48.4 Å². The average molecular weight is 380 g/mol. The summed E-state index contributed by atoms with van der Waals surface area (Å²) in [6, 6.07) is 9.68. The van der Waals surface area contributed by atoms with Crippen LogP contribution < -0.4 is 10.6 Å². The van der Waals surface area contributed by atoms with Gasteiger partial charge in [-0.2, -0.15) is 13.2 Å². The Kier molecular flexibility index (Phi) is 6.33. The van der Waals surface area contributed by atoms with E-state index in [2.05, 4.69) is 5.32 Å². The van der Waals surface area contributed by atoms with Crippen molar-refractivity contribution in [3.8, 4) is 0 Å². The third kappa shape index (κ3) is 6.58. The molecule has 0 spiro atoms. The Morgan fingerprint density at radius 1 is 1.07 bits per heavy atom. The van der Waals surface area contributed by atoms with E-state index in [0.717, 1.165) is 0 Å². The van der Waals surface area contributed by atoms with Crippen LogP contribution in [-0.2, 0) is 4.79 Å². The second-order valence-corrected chi connectivity index (χ2v) is 5.70. The van der Waals surface area contributed by atoms with Crippen molar-refractivity contribution in [2.45, 2.75) is 13.1 Å². The zero-order chi connectivity index (χ0) is 20.0. The summed E-state index contributed by atoms with van der Waals surface area (Å²) >= 11 is 0. The van der Waals surface area contributed by atoms with E-state index >= 15 is 0 Å². The molecule has 0 bridgehead atoms. The fourth-order valence-corrected chi connectivity index (χ4v) is 2.10. The highest BCUT2D eigenvalue weighted by molar-refractivity contribution is 6.03. The Balaban J connectivity index is 2.05. The molecular weight excluding hydrogens is 364 g/mol. The zero-order valence-electron chi connectivity index (χ0n) is 14.2. The summed E-state index contributed by atoms with van der Waals surface area (Å²) in [6.07, 6.45) is -1.81. The highest BCUT2D eigenvalue weighted by atomic mass is 19.4. The maximum Gasteiger partial charge on any atom is 0.405 e. The van der Waals surface area contributed by atoms with Gasteiger partial charge in [-0.15, -0.1) is 0 Å². The SMILES string of the molecule is Cc1ccc(C(=O)NCC(F)(F)F)cc1NC(=O)/C=C/c1ccc(F)cc1. The van der Waals surface area contributed by atoms with Gasteiger partial charge in [0.25, 0.3) is 5.91 Å². The van der Waals surface area contributed by atoms with Crippen LogP contribution >= 0.6 is 0 Å². The van der Waals surface area contributed by atoms with Crippen molar-refractivity contribution >= 4 is 23.6 Å². The molecule has 0 atom stereocenters. The number of aryl methyl sites for hydroxylation is 1. The van der Waals surface area contributed by atoms with Gasteiger partial charge in [0.2, 0.25) is 5.91 Å². The first-order chi connectivity index (χ1) is 12.6. The Morgan fingerprint density at radius 2 is 1.74 bits per heavy atom. The number of rotatable bonds is 5. The normalized spacial score (nSPS) is 11.4. The predicted octanol–water partition coefficient (Wildman–Crippen LogP) is 4.08.